The van der Waals surface area contributed by atoms with Gasteiger partial charge in [-0.05, 0) is 19.9 Å². The molecule has 2 aromatic heterocycles. The molecule has 152 valence electrons. The van der Waals surface area contributed by atoms with E-state index in [1.54, 1.807) is 21.6 Å². The smallest absolute Gasteiger partial charge is 0.358 e. The Morgan fingerprint density at radius 3 is 2.13 bits per heavy atom. The summed E-state index contributed by atoms with van der Waals surface area (Å²) in [5, 5.41) is 9.64. The summed E-state index contributed by atoms with van der Waals surface area (Å²) >= 11 is 6.84. The molecule has 0 spiro atoms. The first-order chi connectivity index (χ1) is 14.5. The summed E-state index contributed by atoms with van der Waals surface area (Å²) in [6, 6.07) is 17.8. The molecule has 7 heteroatoms. The zero-order valence-electron chi connectivity index (χ0n) is 17.0. The van der Waals surface area contributed by atoms with Gasteiger partial charge in [0.15, 0.2) is 5.69 Å². The number of methoxy groups -OCH3 is 1. The van der Waals surface area contributed by atoms with E-state index in [0.29, 0.717) is 17.4 Å². The monoisotopic (exact) mass is 420 g/mol. The number of carbonyl (C=O) groups is 1. The molecule has 30 heavy (non-hydrogen) atoms. The van der Waals surface area contributed by atoms with Crippen LogP contribution in [0.1, 0.15) is 21.6 Å². The van der Waals surface area contributed by atoms with Gasteiger partial charge in [0, 0.05) is 17.3 Å². The van der Waals surface area contributed by atoms with Gasteiger partial charge < -0.3 is 4.74 Å². The molecule has 0 atom stereocenters. The van der Waals surface area contributed by atoms with Crippen molar-refractivity contribution < 1.29 is 9.53 Å². The van der Waals surface area contributed by atoms with Gasteiger partial charge >= 0.3 is 5.97 Å². The number of ether oxygens (including phenoxy) is 1. The quantitative estimate of drug-likeness (QED) is 0.427. The van der Waals surface area contributed by atoms with Crippen LogP contribution in [0.4, 0.5) is 0 Å². The molecule has 4 aromatic rings. The summed E-state index contributed by atoms with van der Waals surface area (Å²) < 4.78 is 8.17. The highest BCUT2D eigenvalue weighted by Crippen LogP contribution is 2.36. The highest BCUT2D eigenvalue weighted by atomic mass is 35.5. The molecule has 0 bridgehead atoms. The Hall–Kier alpha value is -3.38. The van der Waals surface area contributed by atoms with E-state index < -0.39 is 5.97 Å². The third-order valence-corrected chi connectivity index (χ3v) is 5.22. The Kier molecular flexibility index (Phi) is 5.42. The van der Waals surface area contributed by atoms with E-state index in [4.69, 9.17) is 21.4 Å². The number of hydrogen-bond acceptors (Lipinski definition) is 4. The molecule has 2 heterocycles. The maximum absolute atomic E-state index is 11.7. The van der Waals surface area contributed by atoms with Crippen LogP contribution < -0.4 is 0 Å². The molecule has 0 amide bonds. The Labute approximate surface area is 179 Å². The van der Waals surface area contributed by atoms with Crippen molar-refractivity contribution in [2.24, 2.45) is 0 Å². The van der Waals surface area contributed by atoms with E-state index in [0.717, 1.165) is 22.4 Å². The summed E-state index contributed by atoms with van der Waals surface area (Å²) in [4.78, 5) is 11.7. The van der Waals surface area contributed by atoms with Crippen LogP contribution in [0.15, 0.2) is 60.8 Å². The number of rotatable bonds is 5. The van der Waals surface area contributed by atoms with Crippen LogP contribution in [-0.2, 0) is 11.4 Å². The molecule has 2 aromatic carbocycles. The second-order valence-corrected chi connectivity index (χ2v) is 7.49. The second-order valence-electron chi connectivity index (χ2n) is 7.12. The van der Waals surface area contributed by atoms with Gasteiger partial charge in [-0.2, -0.15) is 10.2 Å². The number of halogens is 1. The average Bonchev–Trinajstić information content (AvgIpc) is 3.34. The fraction of sp³-hybridized carbons (Fsp3) is 0.174. The molecule has 4 rings (SSSR count). The van der Waals surface area contributed by atoms with Crippen molar-refractivity contribution in [3.63, 3.8) is 0 Å². The molecular weight excluding hydrogens is 400 g/mol. The fourth-order valence-corrected chi connectivity index (χ4v) is 3.57. The van der Waals surface area contributed by atoms with E-state index in [-0.39, 0.29) is 5.69 Å². The number of aryl methyl sites for hydroxylation is 2. The van der Waals surface area contributed by atoms with Gasteiger partial charge in [0.1, 0.15) is 12.4 Å². The maximum atomic E-state index is 11.7. The predicted octanol–water partition coefficient (Wildman–Crippen LogP) is 4.98. The minimum Gasteiger partial charge on any atom is -0.464 e. The summed E-state index contributed by atoms with van der Waals surface area (Å²) in [5.41, 5.74) is 5.96. The molecule has 0 aliphatic carbocycles. The average molecular weight is 421 g/mol. The molecule has 0 saturated heterocycles. The molecule has 0 aliphatic heterocycles. The normalized spacial score (nSPS) is 10.9. The fourth-order valence-electron chi connectivity index (χ4n) is 3.22. The van der Waals surface area contributed by atoms with Gasteiger partial charge in [-0.15, -0.1) is 0 Å². The van der Waals surface area contributed by atoms with Crippen molar-refractivity contribution in [3.05, 3.63) is 82.6 Å². The number of nitrogens with zero attached hydrogens (tertiary/aromatic N) is 4. The molecule has 0 aliphatic rings. The van der Waals surface area contributed by atoms with E-state index in [2.05, 4.69) is 5.10 Å². The molecule has 0 unspecified atom stereocenters. The third kappa shape index (κ3) is 3.86. The van der Waals surface area contributed by atoms with E-state index in [9.17, 15) is 4.79 Å². The Bertz CT molecular complexity index is 1190. The molecule has 0 N–H and O–H groups in total. The van der Waals surface area contributed by atoms with Gasteiger partial charge in [0.2, 0.25) is 0 Å². The van der Waals surface area contributed by atoms with E-state index >= 15 is 0 Å². The highest BCUT2D eigenvalue weighted by molar-refractivity contribution is 6.35. The van der Waals surface area contributed by atoms with Crippen LogP contribution in [0.5, 0.6) is 0 Å². The molecular formula is C23H21ClN4O2. The molecule has 0 saturated carbocycles. The van der Waals surface area contributed by atoms with Crippen molar-refractivity contribution in [1.82, 2.24) is 19.6 Å². The first kappa shape index (κ1) is 19.9. The SMILES string of the molecule is COC(=O)c1ccn(Cn2nc(-c3ccc(C)cc3)c(Cl)c2-c2ccc(C)cc2)n1. The number of benzene rings is 2. The van der Waals surface area contributed by atoms with Crippen LogP contribution >= 0.6 is 11.6 Å². The number of aromatic nitrogens is 4. The van der Waals surface area contributed by atoms with Crippen LogP contribution in [0.25, 0.3) is 22.5 Å². The third-order valence-electron chi connectivity index (χ3n) is 4.86. The predicted molar refractivity (Wildman–Crippen MR) is 117 cm³/mol. The topological polar surface area (TPSA) is 61.9 Å². The summed E-state index contributed by atoms with van der Waals surface area (Å²) in [5.74, 6) is -0.480. The zero-order valence-corrected chi connectivity index (χ0v) is 17.7. The number of hydrogen-bond donors (Lipinski definition) is 0. The standard InChI is InChI=1S/C23H21ClN4O2/c1-15-4-8-17(9-5-15)21-20(24)22(18-10-6-16(2)7-11-18)28(26-21)14-27-13-12-19(25-27)23(29)30-3/h4-13H,14H2,1-3H3. The van der Waals surface area contributed by atoms with Crippen LogP contribution in [-0.4, -0.2) is 32.6 Å². The lowest BCUT2D eigenvalue weighted by molar-refractivity contribution is 0.0593. The minimum absolute atomic E-state index is 0.242. The number of esters is 1. The summed E-state index contributed by atoms with van der Waals surface area (Å²) in [6.45, 7) is 4.38. The van der Waals surface area contributed by atoms with Gasteiger partial charge in [-0.3, -0.25) is 4.68 Å². The van der Waals surface area contributed by atoms with Gasteiger partial charge in [-0.1, -0.05) is 71.3 Å². The highest BCUT2D eigenvalue weighted by Gasteiger charge is 2.20. The number of carbonyl (C=O) groups excluding carboxylic acids is 1. The van der Waals surface area contributed by atoms with Crippen molar-refractivity contribution >= 4 is 17.6 Å². The summed E-state index contributed by atoms with van der Waals surface area (Å²) in [6.07, 6.45) is 1.71. The van der Waals surface area contributed by atoms with Gasteiger partial charge in [-0.25, -0.2) is 9.48 Å². The minimum atomic E-state index is -0.480. The largest absolute Gasteiger partial charge is 0.464 e. The molecule has 0 fully saturated rings. The van der Waals surface area contributed by atoms with Gasteiger partial charge in [0.25, 0.3) is 0 Å². The van der Waals surface area contributed by atoms with Crippen LogP contribution in [0.2, 0.25) is 5.02 Å². The molecule has 6 nitrogen and oxygen atoms in total. The molecule has 0 radical (unpaired) electrons. The van der Waals surface area contributed by atoms with Crippen LogP contribution in [0, 0.1) is 13.8 Å². The van der Waals surface area contributed by atoms with Crippen molar-refractivity contribution in [2.45, 2.75) is 20.5 Å². The van der Waals surface area contributed by atoms with Crippen LogP contribution in [0.3, 0.4) is 0 Å². The second kappa shape index (κ2) is 8.16. The first-order valence-electron chi connectivity index (χ1n) is 9.48. The van der Waals surface area contributed by atoms with E-state index in [1.807, 2.05) is 62.4 Å². The Morgan fingerprint density at radius 2 is 1.53 bits per heavy atom. The first-order valence-corrected chi connectivity index (χ1v) is 9.86. The summed E-state index contributed by atoms with van der Waals surface area (Å²) in [7, 11) is 1.33. The van der Waals surface area contributed by atoms with Crippen molar-refractivity contribution in [3.8, 4) is 22.5 Å². The van der Waals surface area contributed by atoms with Crippen molar-refractivity contribution in [1.29, 1.82) is 0 Å². The van der Waals surface area contributed by atoms with Crippen molar-refractivity contribution in [2.75, 3.05) is 7.11 Å². The van der Waals surface area contributed by atoms with Gasteiger partial charge in [0.05, 0.1) is 17.8 Å². The lowest BCUT2D eigenvalue weighted by Gasteiger charge is -2.09. The zero-order chi connectivity index (χ0) is 21.3. The lowest BCUT2D eigenvalue weighted by atomic mass is 10.1. The van der Waals surface area contributed by atoms with E-state index in [1.165, 1.54) is 12.7 Å². The Balaban J connectivity index is 1.80. The Morgan fingerprint density at radius 1 is 0.933 bits per heavy atom. The lowest BCUT2D eigenvalue weighted by Crippen LogP contribution is -2.13. The maximum Gasteiger partial charge on any atom is 0.358 e.